The van der Waals surface area contributed by atoms with E-state index in [4.69, 9.17) is 28.4 Å². The molecule has 0 radical (unpaired) electrons. The molecule has 0 spiro atoms. The molecule has 0 aromatic rings. The van der Waals surface area contributed by atoms with Crippen molar-refractivity contribution in [2.75, 3.05) is 13.7 Å². The lowest BCUT2D eigenvalue weighted by atomic mass is 9.99. The smallest absolute Gasteiger partial charge is 0.190 e. The van der Waals surface area contributed by atoms with Crippen LogP contribution in [0.1, 0.15) is 27.7 Å². The fourth-order valence-corrected chi connectivity index (χ4v) is 3.08. The molecule has 3 fully saturated rings. The molecule has 0 aliphatic carbocycles. The fraction of sp³-hybridized carbons (Fsp3) is 0.867. The van der Waals surface area contributed by atoms with Crippen LogP contribution in [0.25, 0.3) is 0 Å². The van der Waals surface area contributed by atoms with Crippen LogP contribution in [0, 0.1) is 0 Å². The molecule has 5 atom stereocenters. The summed E-state index contributed by atoms with van der Waals surface area (Å²) in [4.78, 5) is 0. The summed E-state index contributed by atoms with van der Waals surface area (Å²) in [6.45, 7) is 8.08. The molecule has 21 heavy (non-hydrogen) atoms. The Morgan fingerprint density at radius 1 is 0.905 bits per heavy atom. The van der Waals surface area contributed by atoms with E-state index < -0.39 is 17.9 Å². The number of ether oxygens (including phenoxy) is 6. The summed E-state index contributed by atoms with van der Waals surface area (Å²) in [6.07, 6.45) is 2.46. The lowest BCUT2D eigenvalue weighted by molar-refractivity contribution is -0.222. The molecule has 6 heteroatoms. The predicted molar refractivity (Wildman–Crippen MR) is 73.5 cm³/mol. The van der Waals surface area contributed by atoms with Gasteiger partial charge < -0.3 is 28.4 Å². The van der Waals surface area contributed by atoms with Crippen LogP contribution in [-0.2, 0) is 28.4 Å². The van der Waals surface area contributed by atoms with Gasteiger partial charge in [-0.2, -0.15) is 0 Å². The first-order chi connectivity index (χ1) is 9.81. The van der Waals surface area contributed by atoms with E-state index in [1.54, 1.807) is 7.11 Å². The molecule has 0 N–H and O–H groups in total. The zero-order valence-electron chi connectivity index (χ0n) is 13.2. The Morgan fingerprint density at radius 2 is 1.52 bits per heavy atom. The van der Waals surface area contributed by atoms with Gasteiger partial charge in [-0.3, -0.25) is 0 Å². The molecular formula is C15H24O6. The Kier molecular flexibility index (Phi) is 3.88. The molecule has 0 aromatic carbocycles. The van der Waals surface area contributed by atoms with E-state index in [9.17, 15) is 0 Å². The number of methoxy groups -OCH3 is 1. The maximum atomic E-state index is 6.02. The third-order valence-corrected chi connectivity index (χ3v) is 3.78. The van der Waals surface area contributed by atoms with Crippen LogP contribution in [0.15, 0.2) is 12.2 Å². The van der Waals surface area contributed by atoms with Gasteiger partial charge in [0.2, 0.25) is 0 Å². The van der Waals surface area contributed by atoms with Crippen LogP contribution in [0.5, 0.6) is 0 Å². The Labute approximate surface area is 125 Å². The zero-order chi connectivity index (χ0) is 15.3. The molecule has 3 aliphatic rings. The normalized spacial score (nSPS) is 44.0. The fourth-order valence-electron chi connectivity index (χ4n) is 3.08. The molecule has 0 amide bonds. The van der Waals surface area contributed by atoms with E-state index in [1.807, 2.05) is 39.8 Å². The lowest BCUT2D eigenvalue weighted by Crippen LogP contribution is -2.54. The van der Waals surface area contributed by atoms with Gasteiger partial charge in [0.05, 0.1) is 6.61 Å². The molecule has 3 aliphatic heterocycles. The first-order valence-corrected chi connectivity index (χ1v) is 7.34. The van der Waals surface area contributed by atoms with Gasteiger partial charge in [0, 0.05) is 7.11 Å². The third kappa shape index (κ3) is 3.02. The predicted octanol–water partition coefficient (Wildman–Crippen LogP) is 1.59. The highest BCUT2D eigenvalue weighted by atomic mass is 16.9. The zero-order valence-corrected chi connectivity index (χ0v) is 13.2. The van der Waals surface area contributed by atoms with Crippen molar-refractivity contribution >= 4 is 0 Å². The van der Waals surface area contributed by atoms with Crippen molar-refractivity contribution in [3.05, 3.63) is 12.2 Å². The average Bonchev–Trinajstić information content (AvgIpc) is 2.84. The molecule has 3 heterocycles. The van der Waals surface area contributed by atoms with Gasteiger partial charge in [0.15, 0.2) is 17.9 Å². The van der Waals surface area contributed by atoms with Crippen LogP contribution >= 0.6 is 0 Å². The molecule has 0 unspecified atom stereocenters. The Bertz CT molecular complexity index is 418. The third-order valence-electron chi connectivity index (χ3n) is 3.78. The molecule has 3 rings (SSSR count). The minimum absolute atomic E-state index is 0.210. The van der Waals surface area contributed by atoms with Crippen molar-refractivity contribution in [1.82, 2.24) is 0 Å². The summed E-state index contributed by atoms with van der Waals surface area (Å²) in [5, 5.41) is 0. The van der Waals surface area contributed by atoms with E-state index in [0.717, 1.165) is 0 Å². The largest absolute Gasteiger partial charge is 0.381 e. The van der Waals surface area contributed by atoms with E-state index >= 15 is 0 Å². The lowest BCUT2D eigenvalue weighted by Gasteiger charge is -2.36. The highest BCUT2D eigenvalue weighted by Gasteiger charge is 2.60. The van der Waals surface area contributed by atoms with Crippen molar-refractivity contribution in [2.45, 2.75) is 70.0 Å². The maximum Gasteiger partial charge on any atom is 0.190 e. The van der Waals surface area contributed by atoms with E-state index in [0.29, 0.717) is 6.61 Å². The van der Waals surface area contributed by atoms with Crippen LogP contribution in [0.4, 0.5) is 0 Å². The van der Waals surface area contributed by atoms with Gasteiger partial charge in [0.25, 0.3) is 0 Å². The molecule has 6 nitrogen and oxygen atoms in total. The average molecular weight is 300 g/mol. The van der Waals surface area contributed by atoms with Crippen molar-refractivity contribution in [2.24, 2.45) is 0 Å². The summed E-state index contributed by atoms with van der Waals surface area (Å²) in [5.41, 5.74) is 0. The molecule has 120 valence electrons. The highest BCUT2D eigenvalue weighted by molar-refractivity contribution is 5.06. The second-order valence-corrected chi connectivity index (χ2v) is 6.52. The second kappa shape index (κ2) is 5.30. The number of hydrogen-bond donors (Lipinski definition) is 0. The second-order valence-electron chi connectivity index (χ2n) is 6.52. The van der Waals surface area contributed by atoms with Crippen LogP contribution < -0.4 is 0 Å². The molecular weight excluding hydrogens is 276 g/mol. The van der Waals surface area contributed by atoms with Crippen molar-refractivity contribution in [3.8, 4) is 0 Å². The SMILES string of the molecule is COC/C=C/[C@H]1O[C@@H]2OC(C)(C)O[C@@H]2[C@H]2OC(C)(C)O[C@H]21. The van der Waals surface area contributed by atoms with Crippen molar-refractivity contribution < 1.29 is 28.4 Å². The van der Waals surface area contributed by atoms with Crippen molar-refractivity contribution in [3.63, 3.8) is 0 Å². The van der Waals surface area contributed by atoms with Gasteiger partial charge in [0.1, 0.15) is 24.4 Å². The summed E-state index contributed by atoms with van der Waals surface area (Å²) < 4.78 is 34.8. The topological polar surface area (TPSA) is 55.4 Å². The summed E-state index contributed by atoms with van der Waals surface area (Å²) in [5.74, 6) is -1.34. The van der Waals surface area contributed by atoms with Crippen LogP contribution in [0.2, 0.25) is 0 Å². The van der Waals surface area contributed by atoms with Gasteiger partial charge in [-0.1, -0.05) is 12.2 Å². The van der Waals surface area contributed by atoms with E-state index in [2.05, 4.69) is 0 Å². The molecule has 0 saturated carbocycles. The Hall–Kier alpha value is -0.500. The van der Waals surface area contributed by atoms with Gasteiger partial charge in [-0.25, -0.2) is 0 Å². The van der Waals surface area contributed by atoms with Gasteiger partial charge in [-0.15, -0.1) is 0 Å². The van der Waals surface area contributed by atoms with E-state index in [-0.39, 0.29) is 24.4 Å². The standard InChI is InChI=1S/C15H24O6/c1-14(2)18-10-9(7-6-8-16-5)17-13-12(11(10)19-14)20-15(3,4)21-13/h6-7,9-13H,8H2,1-5H3/b7-6+/t9-,10+,11+,12-,13-/m1/s1. The number of rotatable bonds is 3. The molecule has 3 saturated heterocycles. The number of hydrogen-bond acceptors (Lipinski definition) is 6. The van der Waals surface area contributed by atoms with E-state index in [1.165, 1.54) is 0 Å². The number of fused-ring (bicyclic) bond motifs is 3. The monoisotopic (exact) mass is 300 g/mol. The van der Waals surface area contributed by atoms with Crippen LogP contribution in [-0.4, -0.2) is 56.0 Å². The summed E-state index contributed by atoms with van der Waals surface area (Å²) >= 11 is 0. The first-order valence-electron chi connectivity index (χ1n) is 7.34. The minimum atomic E-state index is -0.679. The maximum absolute atomic E-state index is 6.02. The summed E-state index contributed by atoms with van der Waals surface area (Å²) in [7, 11) is 1.65. The first kappa shape index (κ1) is 15.4. The van der Waals surface area contributed by atoms with Crippen molar-refractivity contribution in [1.29, 1.82) is 0 Å². The van der Waals surface area contributed by atoms with Gasteiger partial charge in [-0.05, 0) is 27.7 Å². The Balaban J connectivity index is 1.81. The summed E-state index contributed by atoms with van der Waals surface area (Å²) in [6, 6.07) is 0. The Morgan fingerprint density at radius 3 is 2.24 bits per heavy atom. The highest BCUT2D eigenvalue weighted by Crippen LogP contribution is 2.44. The van der Waals surface area contributed by atoms with Crippen LogP contribution in [0.3, 0.4) is 0 Å². The molecule has 0 aromatic heterocycles. The quantitative estimate of drug-likeness (QED) is 0.738. The van der Waals surface area contributed by atoms with Gasteiger partial charge >= 0.3 is 0 Å². The molecule has 0 bridgehead atoms. The minimum Gasteiger partial charge on any atom is -0.381 e.